The number of carbonyl (C=O) groups is 1. The molecule has 1 aromatic rings. The first-order valence-electron chi connectivity index (χ1n) is 4.92. The number of pyridine rings is 1. The Hall–Kier alpha value is -2.50. The molecule has 0 atom stereocenters. The van der Waals surface area contributed by atoms with Crippen molar-refractivity contribution in [1.29, 1.82) is 5.26 Å². The molecule has 1 aromatic heterocycles. The van der Waals surface area contributed by atoms with Gasteiger partial charge in [-0.15, -0.1) is 13.2 Å². The third-order valence-corrected chi connectivity index (χ3v) is 1.84. The lowest BCUT2D eigenvalue weighted by Crippen LogP contribution is -2.19. The van der Waals surface area contributed by atoms with E-state index in [2.05, 4.69) is 14.5 Å². The molecular weight excluding hydrogens is 267 g/mol. The van der Waals surface area contributed by atoms with E-state index in [1.54, 1.807) is 0 Å². The molecule has 0 saturated heterocycles. The molecule has 0 aliphatic heterocycles. The Balaban J connectivity index is 3.26. The highest BCUT2D eigenvalue weighted by atomic mass is 19.4. The zero-order chi connectivity index (χ0) is 14.6. The molecule has 0 unspecified atom stereocenters. The minimum atomic E-state index is -5.02. The number of rotatable bonds is 3. The lowest BCUT2D eigenvalue weighted by atomic mass is 10.2. The van der Waals surface area contributed by atoms with E-state index in [0.717, 1.165) is 0 Å². The van der Waals surface area contributed by atoms with Crippen LogP contribution < -0.4 is 10.5 Å². The number of halogens is 3. The Bertz CT molecular complexity index is 537. The van der Waals surface area contributed by atoms with Crippen LogP contribution >= 0.6 is 0 Å². The summed E-state index contributed by atoms with van der Waals surface area (Å²) in [6.07, 6.45) is -5.02. The largest absolute Gasteiger partial charge is 0.573 e. The van der Waals surface area contributed by atoms with Crippen LogP contribution in [-0.4, -0.2) is 23.9 Å². The normalized spacial score (nSPS) is 10.7. The molecule has 0 bridgehead atoms. The van der Waals surface area contributed by atoms with Gasteiger partial charge < -0.3 is 15.2 Å². The highest BCUT2D eigenvalue weighted by molar-refractivity contribution is 5.94. The lowest BCUT2D eigenvalue weighted by Gasteiger charge is -2.12. The minimum absolute atomic E-state index is 0.00767. The predicted molar refractivity (Wildman–Crippen MR) is 56.0 cm³/mol. The number of nitrogens with two attached hydrogens (primary N) is 1. The molecule has 9 heteroatoms. The minimum Gasteiger partial charge on any atom is -0.462 e. The van der Waals surface area contributed by atoms with Crippen molar-refractivity contribution in [3.8, 4) is 11.8 Å². The summed E-state index contributed by atoms with van der Waals surface area (Å²) >= 11 is 0. The number of nitrogens with zero attached hydrogens (tertiary/aromatic N) is 2. The van der Waals surface area contributed by atoms with Gasteiger partial charge in [0.25, 0.3) is 0 Å². The topological polar surface area (TPSA) is 98.2 Å². The fraction of sp³-hybridized carbons (Fsp3) is 0.300. The first-order chi connectivity index (χ1) is 8.78. The Morgan fingerprint density at radius 3 is 2.68 bits per heavy atom. The van der Waals surface area contributed by atoms with Crippen LogP contribution in [0.3, 0.4) is 0 Å². The van der Waals surface area contributed by atoms with Crippen molar-refractivity contribution in [3.63, 3.8) is 0 Å². The zero-order valence-electron chi connectivity index (χ0n) is 9.61. The number of aromatic nitrogens is 1. The van der Waals surface area contributed by atoms with E-state index in [1.807, 2.05) is 0 Å². The van der Waals surface area contributed by atoms with Gasteiger partial charge in [-0.05, 0) is 6.92 Å². The van der Waals surface area contributed by atoms with Crippen LogP contribution in [0.25, 0.3) is 0 Å². The smallest absolute Gasteiger partial charge is 0.462 e. The average Bonchev–Trinajstić information content (AvgIpc) is 2.29. The molecule has 1 rings (SSSR count). The van der Waals surface area contributed by atoms with Crippen LogP contribution in [0.4, 0.5) is 19.0 Å². The summed E-state index contributed by atoms with van der Waals surface area (Å²) in [5, 5.41) is 8.64. The van der Waals surface area contributed by atoms with Crippen LogP contribution in [0.2, 0.25) is 0 Å². The molecule has 0 aliphatic rings. The number of anilines is 1. The van der Waals surface area contributed by atoms with E-state index in [0.29, 0.717) is 6.07 Å². The Morgan fingerprint density at radius 1 is 1.58 bits per heavy atom. The summed E-state index contributed by atoms with van der Waals surface area (Å²) in [6.45, 7) is 1.52. The maximum Gasteiger partial charge on any atom is 0.573 e. The number of hydrogen-bond acceptors (Lipinski definition) is 6. The molecule has 0 aromatic carbocycles. The van der Waals surface area contributed by atoms with E-state index in [4.69, 9.17) is 11.0 Å². The zero-order valence-corrected chi connectivity index (χ0v) is 9.61. The van der Waals surface area contributed by atoms with Crippen LogP contribution in [0.5, 0.6) is 5.75 Å². The first kappa shape index (κ1) is 14.6. The molecule has 0 saturated carbocycles. The van der Waals surface area contributed by atoms with Crippen molar-refractivity contribution in [1.82, 2.24) is 4.98 Å². The first-order valence-corrected chi connectivity index (χ1v) is 4.92. The summed E-state index contributed by atoms with van der Waals surface area (Å²) in [5.41, 5.74) is 4.28. The third kappa shape index (κ3) is 3.74. The summed E-state index contributed by atoms with van der Waals surface area (Å²) < 4.78 is 44.6. The van der Waals surface area contributed by atoms with Gasteiger partial charge in [-0.2, -0.15) is 5.26 Å². The van der Waals surface area contributed by atoms with Gasteiger partial charge in [-0.1, -0.05) is 0 Å². The Labute approximate surface area is 105 Å². The van der Waals surface area contributed by atoms with Crippen molar-refractivity contribution in [3.05, 3.63) is 17.3 Å². The summed E-state index contributed by atoms with van der Waals surface area (Å²) in [6, 6.07) is 2.06. The second-order valence-corrected chi connectivity index (χ2v) is 3.15. The van der Waals surface area contributed by atoms with Gasteiger partial charge in [0.15, 0.2) is 11.4 Å². The quantitative estimate of drug-likeness (QED) is 0.841. The summed E-state index contributed by atoms with van der Waals surface area (Å²) in [4.78, 5) is 14.8. The third-order valence-electron chi connectivity index (χ3n) is 1.84. The molecule has 1 heterocycles. The summed E-state index contributed by atoms with van der Waals surface area (Å²) in [5.74, 6) is -2.28. The molecule has 0 aliphatic carbocycles. The van der Waals surface area contributed by atoms with E-state index in [-0.39, 0.29) is 6.61 Å². The number of esters is 1. The van der Waals surface area contributed by atoms with Crippen molar-refractivity contribution < 1.29 is 27.4 Å². The maximum atomic E-state index is 12.1. The van der Waals surface area contributed by atoms with Crippen molar-refractivity contribution in [2.45, 2.75) is 13.3 Å². The van der Waals surface area contributed by atoms with Gasteiger partial charge in [0, 0.05) is 6.07 Å². The van der Waals surface area contributed by atoms with Crippen molar-refractivity contribution in [2.24, 2.45) is 0 Å². The fourth-order valence-electron chi connectivity index (χ4n) is 1.16. The molecule has 0 fully saturated rings. The van der Waals surface area contributed by atoms with E-state index < -0.39 is 35.2 Å². The highest BCUT2D eigenvalue weighted by Crippen LogP contribution is 2.28. The van der Waals surface area contributed by atoms with Gasteiger partial charge in [0.1, 0.15) is 17.5 Å². The predicted octanol–water partition coefficient (Wildman–Crippen LogP) is 1.61. The maximum absolute atomic E-state index is 12.1. The molecule has 2 N–H and O–H groups in total. The van der Waals surface area contributed by atoms with E-state index in [1.165, 1.54) is 13.0 Å². The molecule has 0 spiro atoms. The number of alkyl halides is 3. The van der Waals surface area contributed by atoms with Gasteiger partial charge in [0.2, 0.25) is 0 Å². The number of carbonyl (C=O) groups excluding carboxylic acids is 1. The highest BCUT2D eigenvalue weighted by Gasteiger charge is 2.33. The Morgan fingerprint density at radius 2 is 2.21 bits per heavy atom. The van der Waals surface area contributed by atoms with Gasteiger partial charge in [0.05, 0.1) is 6.61 Å². The molecule has 6 nitrogen and oxygen atoms in total. The van der Waals surface area contributed by atoms with Crippen molar-refractivity contribution in [2.75, 3.05) is 12.3 Å². The van der Waals surface area contributed by atoms with Gasteiger partial charge in [-0.25, -0.2) is 9.78 Å². The number of nitriles is 1. The number of nitrogen functional groups attached to an aromatic ring is 1. The second kappa shape index (κ2) is 5.43. The molecule has 19 heavy (non-hydrogen) atoms. The second-order valence-electron chi connectivity index (χ2n) is 3.15. The average molecular weight is 275 g/mol. The number of ether oxygens (including phenoxy) is 2. The van der Waals surface area contributed by atoms with E-state index in [9.17, 15) is 18.0 Å². The molecule has 102 valence electrons. The molecular formula is C10H8F3N3O3. The van der Waals surface area contributed by atoms with Crippen molar-refractivity contribution >= 4 is 11.8 Å². The van der Waals surface area contributed by atoms with Crippen LogP contribution in [0.15, 0.2) is 6.07 Å². The molecule has 0 amide bonds. The van der Waals surface area contributed by atoms with Crippen LogP contribution in [-0.2, 0) is 4.74 Å². The number of hydrogen-bond donors (Lipinski definition) is 1. The monoisotopic (exact) mass is 275 g/mol. The molecule has 0 radical (unpaired) electrons. The lowest BCUT2D eigenvalue weighted by molar-refractivity contribution is -0.274. The Kier molecular flexibility index (Phi) is 4.16. The van der Waals surface area contributed by atoms with Crippen LogP contribution in [0.1, 0.15) is 23.0 Å². The van der Waals surface area contributed by atoms with Crippen LogP contribution in [0, 0.1) is 11.3 Å². The van der Waals surface area contributed by atoms with Gasteiger partial charge >= 0.3 is 12.3 Å². The van der Waals surface area contributed by atoms with E-state index >= 15 is 0 Å². The standard InChI is InChI=1S/C10H8F3N3O3/c1-2-18-9(17)5-3-7(19-10(11,12)13)6(4-14)16-8(5)15/h3H,2H2,1H3,(H2,15,16). The fourth-order valence-corrected chi connectivity index (χ4v) is 1.16. The summed E-state index contributed by atoms with van der Waals surface area (Å²) in [7, 11) is 0. The SMILES string of the molecule is CCOC(=O)c1cc(OC(F)(F)F)c(C#N)nc1N. The van der Waals surface area contributed by atoms with Gasteiger partial charge in [-0.3, -0.25) is 0 Å².